The van der Waals surface area contributed by atoms with Crippen molar-refractivity contribution in [1.29, 1.82) is 0 Å². The number of nitrogens with one attached hydrogen (secondary N) is 2. The van der Waals surface area contributed by atoms with Gasteiger partial charge in [0.1, 0.15) is 24.7 Å². The highest BCUT2D eigenvalue weighted by Crippen LogP contribution is 2.34. The molecule has 5 rings (SSSR count). The van der Waals surface area contributed by atoms with Crippen LogP contribution in [-0.4, -0.2) is 80.7 Å². The van der Waals surface area contributed by atoms with Gasteiger partial charge in [-0.1, -0.05) is 41.4 Å². The maximum atomic E-state index is 14.3. The minimum Gasteiger partial charge on any atom is -0.494 e. The van der Waals surface area contributed by atoms with Gasteiger partial charge in [0, 0.05) is 38.9 Å². The summed E-state index contributed by atoms with van der Waals surface area (Å²) < 4.78 is 23.2. The molecule has 3 aromatic rings. The van der Waals surface area contributed by atoms with Gasteiger partial charge < -0.3 is 39.6 Å². The number of nitrogens with zero attached hydrogens (tertiary/aromatic N) is 1. The maximum Gasteiger partial charge on any atom is 0.404 e. The Morgan fingerprint density at radius 1 is 0.904 bits per heavy atom. The van der Waals surface area contributed by atoms with E-state index < -0.39 is 12.0 Å². The van der Waals surface area contributed by atoms with E-state index in [1.807, 2.05) is 42.2 Å². The molecule has 282 valence electrons. The molecule has 0 aromatic heterocycles. The Morgan fingerprint density at radius 3 is 2.29 bits per heavy atom. The van der Waals surface area contributed by atoms with E-state index in [0.29, 0.717) is 53.8 Å². The fourth-order valence-corrected chi connectivity index (χ4v) is 7.29. The topological polar surface area (TPSA) is 119 Å². The molecule has 52 heavy (non-hydrogen) atoms. The lowest BCUT2D eigenvalue weighted by Crippen LogP contribution is -2.43. The van der Waals surface area contributed by atoms with Crippen molar-refractivity contribution >= 4 is 35.2 Å². The van der Waals surface area contributed by atoms with Gasteiger partial charge in [-0.15, -0.1) is 0 Å². The standard InChI is InChI=1S/C40H51Cl2N3O7/c1-27-19-36(41)38(37(42)20-27)52-18-17-51-34-11-7-28(8-12-34)22-31(25-44-40(47)48)39(46)45(33-9-10-33)26-30-21-29(5-4-15-49-2)23-35(24-30)50-16-13-32-6-3-14-43-32/h7-8,11-12,19-21,23-24,31-33,43-44H,3-6,9-10,13-18,22,25-26H2,1-2H3,(H,47,48). The van der Waals surface area contributed by atoms with E-state index in [-0.39, 0.29) is 31.7 Å². The molecule has 1 aliphatic heterocycles. The first-order chi connectivity index (χ1) is 25.2. The number of hydrogen-bond donors (Lipinski definition) is 3. The van der Waals surface area contributed by atoms with Crippen LogP contribution in [0.4, 0.5) is 4.79 Å². The first-order valence-corrected chi connectivity index (χ1v) is 19.0. The minimum atomic E-state index is -1.16. The summed E-state index contributed by atoms with van der Waals surface area (Å²) in [6, 6.07) is 18.0. The van der Waals surface area contributed by atoms with Gasteiger partial charge in [-0.3, -0.25) is 4.79 Å². The van der Waals surface area contributed by atoms with Crippen LogP contribution < -0.4 is 24.8 Å². The molecule has 2 atom stereocenters. The van der Waals surface area contributed by atoms with Crippen molar-refractivity contribution in [2.45, 2.75) is 76.9 Å². The summed E-state index contributed by atoms with van der Waals surface area (Å²) in [7, 11) is 1.71. The third kappa shape index (κ3) is 12.5. The van der Waals surface area contributed by atoms with Crippen LogP contribution in [0.5, 0.6) is 17.2 Å². The fourth-order valence-electron chi connectivity index (χ4n) is 6.59. The molecule has 2 aliphatic rings. The molecule has 3 aromatic carbocycles. The third-order valence-corrected chi connectivity index (χ3v) is 9.92. The van der Waals surface area contributed by atoms with Gasteiger partial charge in [0.2, 0.25) is 5.91 Å². The molecule has 3 N–H and O–H groups in total. The number of carboxylic acid groups (broad SMARTS) is 1. The van der Waals surface area contributed by atoms with Gasteiger partial charge in [-0.05, 0) is 123 Å². The molecule has 2 amide bonds. The Morgan fingerprint density at radius 2 is 1.62 bits per heavy atom. The molecule has 10 nitrogen and oxygen atoms in total. The van der Waals surface area contributed by atoms with Crippen LogP contribution in [-0.2, 0) is 28.9 Å². The second kappa shape index (κ2) is 19.9. The molecule has 1 aliphatic carbocycles. The smallest absolute Gasteiger partial charge is 0.404 e. The second-order valence-corrected chi connectivity index (χ2v) is 14.5. The van der Waals surface area contributed by atoms with Crippen LogP contribution in [0.2, 0.25) is 10.0 Å². The molecule has 2 unspecified atom stereocenters. The molecule has 1 saturated heterocycles. The molecule has 0 bridgehead atoms. The Balaban J connectivity index is 1.22. The highest BCUT2D eigenvalue weighted by molar-refractivity contribution is 6.37. The molecular weight excluding hydrogens is 705 g/mol. The van der Waals surface area contributed by atoms with Crippen molar-refractivity contribution in [3.8, 4) is 17.2 Å². The predicted octanol–water partition coefficient (Wildman–Crippen LogP) is 7.48. The summed E-state index contributed by atoms with van der Waals surface area (Å²) in [5, 5.41) is 16.3. The van der Waals surface area contributed by atoms with E-state index in [0.717, 1.165) is 66.7 Å². The van der Waals surface area contributed by atoms with Crippen molar-refractivity contribution in [2.75, 3.05) is 46.6 Å². The molecule has 12 heteroatoms. The normalized spacial score (nSPS) is 16.0. The van der Waals surface area contributed by atoms with Crippen molar-refractivity contribution < 1.29 is 33.6 Å². The van der Waals surface area contributed by atoms with E-state index in [4.69, 9.17) is 42.1 Å². The highest BCUT2D eigenvalue weighted by atomic mass is 35.5. The molecule has 1 saturated carbocycles. The fraction of sp³-hybridized carbons (Fsp3) is 0.500. The van der Waals surface area contributed by atoms with Crippen LogP contribution in [0.3, 0.4) is 0 Å². The van der Waals surface area contributed by atoms with Crippen LogP contribution in [0, 0.1) is 12.8 Å². The molecule has 2 fully saturated rings. The Labute approximate surface area is 317 Å². The van der Waals surface area contributed by atoms with Gasteiger partial charge in [-0.2, -0.15) is 0 Å². The van der Waals surface area contributed by atoms with Crippen molar-refractivity contribution in [3.63, 3.8) is 0 Å². The average molecular weight is 757 g/mol. The van der Waals surface area contributed by atoms with E-state index in [2.05, 4.69) is 22.8 Å². The summed E-state index contributed by atoms with van der Waals surface area (Å²) >= 11 is 12.6. The molecule has 0 spiro atoms. The Kier molecular flexibility index (Phi) is 15.2. The number of benzene rings is 3. The summed E-state index contributed by atoms with van der Waals surface area (Å²) in [6.07, 6.45) is 6.12. The number of methoxy groups -OCH3 is 1. The van der Waals surface area contributed by atoms with Gasteiger partial charge in [0.15, 0.2) is 5.75 Å². The minimum absolute atomic E-state index is 0.0116. The number of amides is 2. The van der Waals surface area contributed by atoms with Gasteiger partial charge in [0.25, 0.3) is 0 Å². The zero-order valence-electron chi connectivity index (χ0n) is 30.1. The Hall–Kier alpha value is -3.70. The monoisotopic (exact) mass is 755 g/mol. The van der Waals surface area contributed by atoms with E-state index in [9.17, 15) is 14.7 Å². The summed E-state index contributed by atoms with van der Waals surface area (Å²) in [4.78, 5) is 27.7. The molecular formula is C40H51Cl2N3O7. The number of hydrogen-bond acceptors (Lipinski definition) is 7. The second-order valence-electron chi connectivity index (χ2n) is 13.7. The lowest BCUT2D eigenvalue weighted by Gasteiger charge is -2.28. The first-order valence-electron chi connectivity index (χ1n) is 18.2. The number of ether oxygens (including phenoxy) is 4. The van der Waals surface area contributed by atoms with Crippen LogP contribution in [0.25, 0.3) is 0 Å². The summed E-state index contributed by atoms with van der Waals surface area (Å²) in [6.45, 7) is 5.23. The van der Waals surface area contributed by atoms with Gasteiger partial charge in [0.05, 0.1) is 22.6 Å². The highest BCUT2D eigenvalue weighted by Gasteiger charge is 2.36. The number of carbonyl (C=O) groups is 2. The van der Waals surface area contributed by atoms with Crippen molar-refractivity contribution in [3.05, 3.63) is 86.9 Å². The van der Waals surface area contributed by atoms with Crippen molar-refractivity contribution in [1.82, 2.24) is 15.5 Å². The molecule has 1 heterocycles. The average Bonchev–Trinajstić information content (AvgIpc) is 3.82. The number of rotatable bonds is 21. The Bertz CT molecular complexity index is 1590. The first kappa shape index (κ1) is 39.5. The van der Waals surface area contributed by atoms with E-state index in [1.165, 1.54) is 12.8 Å². The van der Waals surface area contributed by atoms with Crippen LogP contribution in [0.15, 0.2) is 54.6 Å². The van der Waals surface area contributed by atoms with Crippen LogP contribution >= 0.6 is 23.2 Å². The predicted molar refractivity (Wildman–Crippen MR) is 203 cm³/mol. The maximum absolute atomic E-state index is 14.3. The third-order valence-electron chi connectivity index (χ3n) is 9.36. The largest absolute Gasteiger partial charge is 0.494 e. The zero-order valence-corrected chi connectivity index (χ0v) is 31.6. The van der Waals surface area contributed by atoms with Crippen LogP contribution in [0.1, 0.15) is 60.8 Å². The summed E-state index contributed by atoms with van der Waals surface area (Å²) in [5.41, 5.74) is 4.00. The lowest BCUT2D eigenvalue weighted by atomic mass is 9.97. The number of carbonyl (C=O) groups excluding carboxylic acids is 1. The van der Waals surface area contributed by atoms with Gasteiger partial charge in [-0.25, -0.2) is 4.79 Å². The van der Waals surface area contributed by atoms with Crippen molar-refractivity contribution in [2.24, 2.45) is 5.92 Å². The summed E-state index contributed by atoms with van der Waals surface area (Å²) in [5.74, 6) is 1.23. The lowest BCUT2D eigenvalue weighted by molar-refractivity contribution is -0.136. The quantitative estimate of drug-likeness (QED) is 0.0959. The SMILES string of the molecule is COCCCc1cc(CN(C(=O)C(CNC(=O)O)Cc2ccc(OCCOc3c(Cl)cc(C)cc3Cl)cc2)C2CC2)cc(OCCC2CCCN2)c1. The zero-order chi connectivity index (χ0) is 36.9. The molecule has 0 radical (unpaired) electrons. The number of halogens is 2. The number of aryl methyl sites for hydroxylation is 2. The van der Waals surface area contributed by atoms with E-state index in [1.54, 1.807) is 19.2 Å². The van der Waals surface area contributed by atoms with E-state index >= 15 is 0 Å². The van der Waals surface area contributed by atoms with Gasteiger partial charge >= 0.3 is 6.09 Å².